The molecule has 0 radical (unpaired) electrons. The molecule has 1 heterocycles. The molecule has 0 spiro atoms. The Morgan fingerprint density at radius 3 is 2.82 bits per heavy atom. The van der Waals surface area contributed by atoms with E-state index in [2.05, 4.69) is 27.7 Å². The van der Waals surface area contributed by atoms with E-state index in [1.807, 2.05) is 25.1 Å². The second-order valence-electron chi connectivity index (χ2n) is 6.42. The fourth-order valence-electron chi connectivity index (χ4n) is 2.68. The first kappa shape index (κ1) is 22.4. The van der Waals surface area contributed by atoms with E-state index >= 15 is 0 Å². The van der Waals surface area contributed by atoms with Crippen molar-refractivity contribution in [2.24, 2.45) is 5.10 Å². The maximum absolute atomic E-state index is 5.79. The number of nitrogens with one attached hydrogen (secondary N) is 2. The molecular weight excluding hydrogens is 376 g/mol. The minimum absolute atomic E-state index is 0.508. The zero-order valence-corrected chi connectivity index (χ0v) is 17.7. The van der Waals surface area contributed by atoms with Crippen LogP contribution in [0.2, 0.25) is 0 Å². The molecule has 0 bridgehead atoms. The lowest BCUT2D eigenvalue weighted by Crippen LogP contribution is -2.42. The summed E-state index contributed by atoms with van der Waals surface area (Å²) in [6, 6.07) is 5.79. The third-order valence-corrected chi connectivity index (χ3v) is 4.46. The Hall–Kier alpha value is -1.90. The molecule has 2 rings (SSSR count). The number of hydrogen-bond acceptors (Lipinski definition) is 6. The molecule has 1 saturated heterocycles. The Balaban J connectivity index is 1.76. The smallest absolute Gasteiger partial charge is 0.187 e. The van der Waals surface area contributed by atoms with Crippen molar-refractivity contribution in [3.8, 4) is 11.5 Å². The maximum Gasteiger partial charge on any atom is 0.187 e. The Labute approximate surface area is 173 Å². The molecule has 2 N–H and O–H groups in total. The first-order valence-electron chi connectivity index (χ1n) is 9.99. The van der Waals surface area contributed by atoms with E-state index < -0.39 is 0 Å². The number of unbranched alkanes of at least 4 members (excludes halogenated alkanes) is 1. The molecule has 156 valence electrons. The van der Waals surface area contributed by atoms with Crippen LogP contribution < -0.4 is 20.2 Å². The highest BCUT2D eigenvalue weighted by Crippen LogP contribution is 2.28. The monoisotopic (exact) mass is 408 g/mol. The average molecular weight is 409 g/mol. The number of benzene rings is 1. The normalized spacial score (nSPS) is 14.8. The highest BCUT2D eigenvalue weighted by atomic mass is 32.1. The molecule has 7 nitrogen and oxygen atoms in total. The van der Waals surface area contributed by atoms with E-state index in [4.69, 9.17) is 26.4 Å². The van der Waals surface area contributed by atoms with Crippen molar-refractivity contribution in [1.82, 2.24) is 15.6 Å². The third kappa shape index (κ3) is 8.41. The first-order valence-corrected chi connectivity index (χ1v) is 10.4. The standard InChI is InChI=1S/C20H32N4O3S/c1-3-5-12-27-18-7-6-17(15-19(18)26-4-2)16-22-23-20(28)21-8-9-24-10-13-25-14-11-24/h6-7,15-16H,3-5,8-14H2,1-2H3,(H2,21,23,28)/b22-16+. The van der Waals surface area contributed by atoms with E-state index in [9.17, 15) is 0 Å². The lowest BCUT2D eigenvalue weighted by molar-refractivity contribution is 0.0389. The van der Waals surface area contributed by atoms with Gasteiger partial charge in [0.1, 0.15) is 0 Å². The van der Waals surface area contributed by atoms with Gasteiger partial charge in [-0.1, -0.05) is 13.3 Å². The summed E-state index contributed by atoms with van der Waals surface area (Å²) in [5, 5.41) is 7.88. The van der Waals surface area contributed by atoms with Crippen molar-refractivity contribution < 1.29 is 14.2 Å². The van der Waals surface area contributed by atoms with Gasteiger partial charge in [0, 0.05) is 26.2 Å². The highest BCUT2D eigenvalue weighted by Gasteiger charge is 2.09. The molecule has 1 fully saturated rings. The van der Waals surface area contributed by atoms with Gasteiger partial charge in [0.2, 0.25) is 0 Å². The number of hydrogen-bond donors (Lipinski definition) is 2. The summed E-state index contributed by atoms with van der Waals surface area (Å²) >= 11 is 5.26. The molecule has 0 unspecified atom stereocenters. The van der Waals surface area contributed by atoms with Crippen molar-refractivity contribution >= 4 is 23.5 Å². The fourth-order valence-corrected chi connectivity index (χ4v) is 2.83. The van der Waals surface area contributed by atoms with Crippen molar-refractivity contribution in [3.05, 3.63) is 23.8 Å². The summed E-state index contributed by atoms with van der Waals surface area (Å²) in [6.07, 6.45) is 3.84. The van der Waals surface area contributed by atoms with Crippen molar-refractivity contribution in [3.63, 3.8) is 0 Å². The zero-order chi connectivity index (χ0) is 20.0. The molecule has 8 heteroatoms. The molecule has 1 aromatic rings. The first-order chi connectivity index (χ1) is 13.7. The van der Waals surface area contributed by atoms with Crippen molar-refractivity contribution in [1.29, 1.82) is 0 Å². The van der Waals surface area contributed by atoms with Gasteiger partial charge in [-0.15, -0.1) is 0 Å². The van der Waals surface area contributed by atoms with E-state index in [1.165, 1.54) is 0 Å². The number of hydrazone groups is 1. The van der Waals surface area contributed by atoms with Crippen LogP contribution in [0.5, 0.6) is 11.5 Å². The summed E-state index contributed by atoms with van der Waals surface area (Å²) in [7, 11) is 0. The van der Waals surface area contributed by atoms with Crippen LogP contribution in [0.15, 0.2) is 23.3 Å². The maximum atomic E-state index is 5.79. The largest absolute Gasteiger partial charge is 0.490 e. The highest BCUT2D eigenvalue weighted by molar-refractivity contribution is 7.80. The summed E-state index contributed by atoms with van der Waals surface area (Å²) in [5.41, 5.74) is 3.76. The van der Waals surface area contributed by atoms with Crippen LogP contribution in [0, 0.1) is 0 Å². The van der Waals surface area contributed by atoms with Gasteiger partial charge in [-0.3, -0.25) is 10.3 Å². The van der Waals surface area contributed by atoms with Crippen LogP contribution in [-0.2, 0) is 4.74 Å². The fraction of sp³-hybridized carbons (Fsp3) is 0.600. The number of morpholine rings is 1. The zero-order valence-electron chi connectivity index (χ0n) is 16.9. The topological polar surface area (TPSA) is 67.4 Å². The predicted molar refractivity (Wildman–Crippen MR) is 117 cm³/mol. The second-order valence-corrected chi connectivity index (χ2v) is 6.83. The Morgan fingerprint density at radius 1 is 1.25 bits per heavy atom. The summed E-state index contributed by atoms with van der Waals surface area (Å²) < 4.78 is 16.8. The van der Waals surface area contributed by atoms with Crippen LogP contribution >= 0.6 is 12.2 Å². The van der Waals surface area contributed by atoms with Crippen LogP contribution in [0.25, 0.3) is 0 Å². The molecule has 0 amide bonds. The third-order valence-electron chi connectivity index (χ3n) is 4.22. The van der Waals surface area contributed by atoms with E-state index in [0.717, 1.165) is 69.3 Å². The van der Waals surface area contributed by atoms with Gasteiger partial charge in [0.05, 0.1) is 32.6 Å². The molecule has 1 aliphatic rings. The van der Waals surface area contributed by atoms with E-state index in [-0.39, 0.29) is 0 Å². The molecule has 1 aromatic carbocycles. The van der Waals surface area contributed by atoms with E-state index in [0.29, 0.717) is 18.3 Å². The molecule has 0 aliphatic carbocycles. The Kier molecular flexibility index (Phi) is 10.6. The minimum Gasteiger partial charge on any atom is -0.490 e. The van der Waals surface area contributed by atoms with Crippen LogP contribution in [0.1, 0.15) is 32.3 Å². The SMILES string of the molecule is CCCCOc1ccc(/C=N/NC(=S)NCCN2CCOCC2)cc1OCC. The Morgan fingerprint density at radius 2 is 2.07 bits per heavy atom. The van der Waals surface area contributed by atoms with Gasteiger partial charge in [0.25, 0.3) is 0 Å². The lowest BCUT2D eigenvalue weighted by atomic mass is 10.2. The predicted octanol–water partition coefficient (Wildman–Crippen LogP) is 2.39. The molecule has 0 saturated carbocycles. The van der Waals surface area contributed by atoms with Gasteiger partial charge < -0.3 is 19.5 Å². The number of rotatable bonds is 11. The average Bonchev–Trinajstić information content (AvgIpc) is 2.71. The molecular formula is C20H32N4O3S. The number of ether oxygens (including phenoxy) is 3. The van der Waals surface area contributed by atoms with Gasteiger partial charge in [-0.25, -0.2) is 0 Å². The van der Waals surface area contributed by atoms with Crippen molar-refractivity contribution in [2.75, 3.05) is 52.6 Å². The lowest BCUT2D eigenvalue weighted by Gasteiger charge is -2.26. The summed E-state index contributed by atoms with van der Waals surface area (Å²) in [5.74, 6) is 1.49. The van der Waals surface area contributed by atoms with Gasteiger partial charge >= 0.3 is 0 Å². The number of nitrogens with zero attached hydrogens (tertiary/aromatic N) is 2. The summed E-state index contributed by atoms with van der Waals surface area (Å²) in [6.45, 7) is 10.6. The van der Waals surface area contributed by atoms with Crippen molar-refractivity contribution in [2.45, 2.75) is 26.7 Å². The van der Waals surface area contributed by atoms with Crippen LogP contribution in [-0.4, -0.2) is 68.8 Å². The van der Waals surface area contributed by atoms with Crippen LogP contribution in [0.4, 0.5) is 0 Å². The van der Waals surface area contributed by atoms with Gasteiger partial charge in [-0.05, 0) is 49.3 Å². The molecule has 0 aromatic heterocycles. The molecule has 0 atom stereocenters. The molecule has 1 aliphatic heterocycles. The van der Waals surface area contributed by atoms with Gasteiger partial charge in [0.15, 0.2) is 16.6 Å². The van der Waals surface area contributed by atoms with Crippen LogP contribution in [0.3, 0.4) is 0 Å². The quantitative estimate of drug-likeness (QED) is 0.252. The summed E-state index contributed by atoms with van der Waals surface area (Å²) in [4.78, 5) is 2.35. The number of thiocarbonyl (C=S) groups is 1. The minimum atomic E-state index is 0.508. The molecule has 28 heavy (non-hydrogen) atoms. The Bertz CT molecular complexity index is 621. The van der Waals surface area contributed by atoms with Gasteiger partial charge in [-0.2, -0.15) is 5.10 Å². The second kappa shape index (κ2) is 13.3. The van der Waals surface area contributed by atoms with E-state index in [1.54, 1.807) is 6.21 Å².